The number of para-hydroxylation sites is 2. The lowest BCUT2D eigenvalue weighted by Gasteiger charge is -2.12. The van der Waals surface area contributed by atoms with Crippen LogP contribution in [0.25, 0.3) is 0 Å². The summed E-state index contributed by atoms with van der Waals surface area (Å²) in [7, 11) is 2.99. The van der Waals surface area contributed by atoms with Crippen molar-refractivity contribution >= 4 is 29.1 Å². The maximum Gasteiger partial charge on any atom is 0.262 e. The zero-order valence-corrected chi connectivity index (χ0v) is 18.1. The minimum Gasteiger partial charge on any atom is -0.497 e. The molecular formula is C24H23N3O6. The molecule has 0 atom stereocenters. The minimum absolute atomic E-state index is 0.133. The normalized spacial score (nSPS) is 10.1. The Morgan fingerprint density at radius 3 is 2.24 bits per heavy atom. The number of benzene rings is 3. The van der Waals surface area contributed by atoms with Gasteiger partial charge in [0.05, 0.1) is 25.5 Å². The van der Waals surface area contributed by atoms with Gasteiger partial charge in [-0.2, -0.15) is 0 Å². The first-order valence-electron chi connectivity index (χ1n) is 9.86. The van der Waals surface area contributed by atoms with Crippen molar-refractivity contribution in [1.82, 2.24) is 0 Å². The quantitative estimate of drug-likeness (QED) is 0.460. The van der Waals surface area contributed by atoms with Gasteiger partial charge in [0.2, 0.25) is 0 Å². The van der Waals surface area contributed by atoms with Crippen LogP contribution in [0.15, 0.2) is 66.7 Å². The van der Waals surface area contributed by atoms with Gasteiger partial charge in [-0.05, 0) is 48.5 Å². The van der Waals surface area contributed by atoms with Gasteiger partial charge in [-0.15, -0.1) is 0 Å². The van der Waals surface area contributed by atoms with Crippen molar-refractivity contribution in [3.05, 3.63) is 77.9 Å². The molecule has 3 aromatic carbocycles. The molecule has 0 unspecified atom stereocenters. The largest absolute Gasteiger partial charge is 0.497 e. The summed E-state index contributed by atoms with van der Waals surface area (Å²) in [6.07, 6.45) is 0. The van der Waals surface area contributed by atoms with Crippen molar-refractivity contribution in [2.45, 2.75) is 0 Å². The van der Waals surface area contributed by atoms with E-state index in [2.05, 4.69) is 10.6 Å². The number of amides is 3. The Bertz CT molecular complexity index is 1160. The molecule has 9 heteroatoms. The maximum atomic E-state index is 12.5. The molecule has 170 valence electrons. The fourth-order valence-electron chi connectivity index (χ4n) is 2.94. The zero-order chi connectivity index (χ0) is 23.8. The predicted molar refractivity (Wildman–Crippen MR) is 123 cm³/mol. The highest BCUT2D eigenvalue weighted by atomic mass is 16.5. The second-order valence-electron chi connectivity index (χ2n) is 6.79. The fourth-order valence-corrected chi connectivity index (χ4v) is 2.94. The molecule has 3 amide bonds. The SMILES string of the molecule is COc1ccc(C(N)=O)c(OCC(=O)Nc2ccc(C(=O)Nc3ccccc3OC)cc2)c1. The van der Waals surface area contributed by atoms with Crippen LogP contribution in [-0.4, -0.2) is 38.5 Å². The second-order valence-corrected chi connectivity index (χ2v) is 6.79. The molecule has 0 aliphatic heterocycles. The van der Waals surface area contributed by atoms with Gasteiger partial charge < -0.3 is 30.6 Å². The summed E-state index contributed by atoms with van der Waals surface area (Å²) in [5.41, 5.74) is 6.89. The summed E-state index contributed by atoms with van der Waals surface area (Å²) in [5, 5.41) is 5.44. The van der Waals surface area contributed by atoms with Gasteiger partial charge in [-0.1, -0.05) is 12.1 Å². The molecule has 3 aromatic rings. The van der Waals surface area contributed by atoms with Crippen LogP contribution >= 0.6 is 0 Å². The summed E-state index contributed by atoms with van der Waals surface area (Å²) < 4.78 is 15.8. The Hall–Kier alpha value is -4.53. The smallest absolute Gasteiger partial charge is 0.262 e. The van der Waals surface area contributed by atoms with Crippen LogP contribution in [-0.2, 0) is 4.79 Å². The molecule has 4 N–H and O–H groups in total. The Morgan fingerprint density at radius 1 is 0.848 bits per heavy atom. The topological polar surface area (TPSA) is 129 Å². The molecular weight excluding hydrogens is 426 g/mol. The van der Waals surface area contributed by atoms with Crippen LogP contribution in [0.4, 0.5) is 11.4 Å². The lowest BCUT2D eigenvalue weighted by Crippen LogP contribution is -2.22. The summed E-state index contributed by atoms with van der Waals surface area (Å²) in [4.78, 5) is 36.3. The monoisotopic (exact) mass is 449 g/mol. The van der Waals surface area contributed by atoms with Crippen LogP contribution in [0.3, 0.4) is 0 Å². The summed E-state index contributed by atoms with van der Waals surface area (Å²) in [6.45, 7) is -0.358. The lowest BCUT2D eigenvalue weighted by atomic mass is 10.2. The molecule has 0 saturated carbocycles. The van der Waals surface area contributed by atoms with E-state index < -0.39 is 11.8 Å². The van der Waals surface area contributed by atoms with Crippen LogP contribution < -0.4 is 30.6 Å². The average Bonchev–Trinajstić information content (AvgIpc) is 2.83. The highest BCUT2D eigenvalue weighted by molar-refractivity contribution is 6.05. The Balaban J connectivity index is 1.59. The third kappa shape index (κ3) is 6.01. The van der Waals surface area contributed by atoms with Crippen molar-refractivity contribution in [2.75, 3.05) is 31.5 Å². The fraction of sp³-hybridized carbons (Fsp3) is 0.125. The molecule has 0 aliphatic rings. The van der Waals surface area contributed by atoms with Crippen molar-refractivity contribution in [3.63, 3.8) is 0 Å². The summed E-state index contributed by atoms with van der Waals surface area (Å²) >= 11 is 0. The molecule has 0 spiro atoms. The van der Waals surface area contributed by atoms with Gasteiger partial charge >= 0.3 is 0 Å². The van der Waals surface area contributed by atoms with Gasteiger partial charge in [0.1, 0.15) is 17.2 Å². The minimum atomic E-state index is -0.685. The number of methoxy groups -OCH3 is 2. The number of primary amides is 1. The summed E-state index contributed by atoms with van der Waals surface area (Å²) in [5.74, 6) is -0.324. The van der Waals surface area contributed by atoms with E-state index in [4.69, 9.17) is 19.9 Å². The van der Waals surface area contributed by atoms with E-state index in [1.54, 1.807) is 54.6 Å². The molecule has 3 rings (SSSR count). The molecule has 0 bridgehead atoms. The number of anilines is 2. The van der Waals surface area contributed by atoms with Crippen molar-refractivity contribution in [2.24, 2.45) is 5.73 Å². The second kappa shape index (κ2) is 10.7. The number of ether oxygens (including phenoxy) is 3. The molecule has 0 aromatic heterocycles. The van der Waals surface area contributed by atoms with E-state index in [9.17, 15) is 14.4 Å². The molecule has 0 aliphatic carbocycles. The van der Waals surface area contributed by atoms with E-state index in [0.29, 0.717) is 28.4 Å². The van der Waals surface area contributed by atoms with Gasteiger partial charge in [-0.3, -0.25) is 14.4 Å². The van der Waals surface area contributed by atoms with Crippen LogP contribution in [0.2, 0.25) is 0 Å². The highest BCUT2D eigenvalue weighted by Crippen LogP contribution is 2.25. The van der Waals surface area contributed by atoms with E-state index in [1.165, 1.54) is 26.4 Å². The van der Waals surface area contributed by atoms with Gasteiger partial charge in [0.25, 0.3) is 17.7 Å². The van der Waals surface area contributed by atoms with Crippen molar-refractivity contribution < 1.29 is 28.6 Å². The molecule has 0 saturated heterocycles. The van der Waals surface area contributed by atoms with Crippen LogP contribution in [0.5, 0.6) is 17.2 Å². The first kappa shape index (κ1) is 23.1. The Morgan fingerprint density at radius 2 is 1.58 bits per heavy atom. The van der Waals surface area contributed by atoms with Gasteiger partial charge in [0, 0.05) is 17.3 Å². The highest BCUT2D eigenvalue weighted by Gasteiger charge is 2.14. The van der Waals surface area contributed by atoms with E-state index in [0.717, 1.165) is 0 Å². The average molecular weight is 449 g/mol. The third-order valence-corrected chi connectivity index (χ3v) is 4.60. The molecule has 33 heavy (non-hydrogen) atoms. The first-order valence-corrected chi connectivity index (χ1v) is 9.86. The Labute approximate surface area is 190 Å². The number of carbonyl (C=O) groups is 3. The number of rotatable bonds is 9. The van der Waals surface area contributed by atoms with Crippen LogP contribution in [0.1, 0.15) is 20.7 Å². The predicted octanol–water partition coefficient (Wildman–Crippen LogP) is 3.07. The first-order chi connectivity index (χ1) is 15.9. The zero-order valence-electron chi connectivity index (χ0n) is 18.1. The maximum absolute atomic E-state index is 12.5. The van der Waals surface area contributed by atoms with Crippen molar-refractivity contribution in [1.29, 1.82) is 0 Å². The molecule has 9 nitrogen and oxygen atoms in total. The molecule has 0 heterocycles. The Kier molecular flexibility index (Phi) is 7.48. The number of carbonyl (C=O) groups excluding carboxylic acids is 3. The number of hydrogen-bond acceptors (Lipinski definition) is 6. The molecule has 0 radical (unpaired) electrons. The van der Waals surface area contributed by atoms with Gasteiger partial charge in [0.15, 0.2) is 6.61 Å². The van der Waals surface area contributed by atoms with Crippen molar-refractivity contribution in [3.8, 4) is 17.2 Å². The van der Waals surface area contributed by atoms with E-state index in [1.807, 2.05) is 0 Å². The van der Waals surface area contributed by atoms with Crippen LogP contribution in [0, 0.1) is 0 Å². The lowest BCUT2D eigenvalue weighted by molar-refractivity contribution is -0.118. The summed E-state index contributed by atoms with van der Waals surface area (Å²) in [6, 6.07) is 17.9. The van der Waals surface area contributed by atoms with E-state index >= 15 is 0 Å². The van der Waals surface area contributed by atoms with E-state index in [-0.39, 0.29) is 23.8 Å². The number of hydrogen-bond donors (Lipinski definition) is 3. The molecule has 0 fully saturated rings. The van der Waals surface area contributed by atoms with Gasteiger partial charge in [-0.25, -0.2) is 0 Å². The standard InChI is InChI=1S/C24H23N3O6/c1-31-17-11-12-18(23(25)29)21(13-17)33-14-22(28)26-16-9-7-15(8-10-16)24(30)27-19-5-3-4-6-20(19)32-2/h3-13H,14H2,1-2H3,(H2,25,29)(H,26,28)(H,27,30). The number of nitrogens with one attached hydrogen (secondary N) is 2. The third-order valence-electron chi connectivity index (χ3n) is 4.60. The number of nitrogens with two attached hydrogens (primary N) is 1.